The molecular formula is C9H9N3O. The third kappa shape index (κ3) is 3.40. The third-order valence-electron chi connectivity index (χ3n) is 1.63. The molecule has 1 aromatic carbocycles. The fourth-order valence-electron chi connectivity index (χ4n) is 0.996. The summed E-state index contributed by atoms with van der Waals surface area (Å²) >= 11 is 0. The maximum Gasteiger partial charge on any atom is 0.219 e. The lowest BCUT2D eigenvalue weighted by Crippen LogP contribution is -1.94. The smallest absolute Gasteiger partial charge is 0.219 e. The number of carbonyl (C=O) groups is 1. The van der Waals surface area contributed by atoms with Crippen molar-refractivity contribution in [1.82, 2.24) is 0 Å². The monoisotopic (exact) mass is 175 g/mol. The van der Waals surface area contributed by atoms with E-state index in [0.717, 1.165) is 5.56 Å². The lowest BCUT2D eigenvalue weighted by atomic mass is 10.1. The Balaban J connectivity index is 2.44. The zero-order valence-electron chi connectivity index (χ0n) is 7.05. The standard InChI is InChI=1S/C9H9N3O/c10-12-11-9(13)7-6-8-4-2-1-3-5-8/h1-5H,6-7H2. The Hall–Kier alpha value is -1.80. The molecule has 0 unspecified atom stereocenters. The van der Waals surface area contributed by atoms with Gasteiger partial charge in [-0.2, -0.15) is 0 Å². The second-order valence-electron chi connectivity index (χ2n) is 2.57. The molecule has 0 N–H and O–H groups in total. The third-order valence-corrected chi connectivity index (χ3v) is 1.63. The molecule has 0 aromatic heterocycles. The zero-order chi connectivity index (χ0) is 9.52. The number of hydrogen-bond donors (Lipinski definition) is 0. The van der Waals surface area contributed by atoms with Gasteiger partial charge in [-0.3, -0.25) is 4.79 Å². The molecule has 0 radical (unpaired) electrons. The fraction of sp³-hybridized carbons (Fsp3) is 0.222. The number of hydrogen-bond acceptors (Lipinski definition) is 1. The first-order valence-corrected chi connectivity index (χ1v) is 3.95. The van der Waals surface area contributed by atoms with E-state index < -0.39 is 5.91 Å². The molecule has 0 atom stereocenters. The lowest BCUT2D eigenvalue weighted by Gasteiger charge is -1.96. The van der Waals surface area contributed by atoms with E-state index in [0.29, 0.717) is 6.42 Å². The van der Waals surface area contributed by atoms with Crippen LogP contribution in [-0.4, -0.2) is 5.91 Å². The number of benzene rings is 1. The van der Waals surface area contributed by atoms with Crippen molar-refractivity contribution in [1.29, 1.82) is 0 Å². The van der Waals surface area contributed by atoms with Crippen LogP contribution >= 0.6 is 0 Å². The molecule has 0 saturated carbocycles. The Morgan fingerprint density at radius 3 is 2.69 bits per heavy atom. The molecule has 0 heterocycles. The van der Waals surface area contributed by atoms with Crippen molar-refractivity contribution < 1.29 is 4.79 Å². The van der Waals surface area contributed by atoms with Gasteiger partial charge in [0.15, 0.2) is 0 Å². The summed E-state index contributed by atoms with van der Waals surface area (Å²) in [6.45, 7) is 0. The van der Waals surface area contributed by atoms with Crippen molar-refractivity contribution in [2.45, 2.75) is 12.8 Å². The summed E-state index contributed by atoms with van der Waals surface area (Å²) in [7, 11) is 0. The highest BCUT2D eigenvalue weighted by molar-refractivity contribution is 5.76. The van der Waals surface area contributed by atoms with E-state index in [4.69, 9.17) is 5.53 Å². The summed E-state index contributed by atoms with van der Waals surface area (Å²) in [5.74, 6) is -0.411. The second kappa shape index (κ2) is 4.95. The van der Waals surface area contributed by atoms with E-state index in [2.05, 4.69) is 10.0 Å². The molecule has 1 rings (SSSR count). The molecule has 4 heteroatoms. The van der Waals surface area contributed by atoms with E-state index in [1.54, 1.807) is 0 Å². The summed E-state index contributed by atoms with van der Waals surface area (Å²) in [4.78, 5) is 13.2. The van der Waals surface area contributed by atoms with Gasteiger partial charge < -0.3 is 0 Å². The van der Waals surface area contributed by atoms with Gasteiger partial charge in [0, 0.05) is 11.3 Å². The van der Waals surface area contributed by atoms with Crippen LogP contribution in [0.1, 0.15) is 12.0 Å². The molecule has 0 aliphatic rings. The minimum atomic E-state index is -0.411. The van der Waals surface area contributed by atoms with Crippen LogP contribution in [-0.2, 0) is 11.2 Å². The summed E-state index contributed by atoms with van der Waals surface area (Å²) < 4.78 is 0. The molecule has 0 spiro atoms. The first-order valence-electron chi connectivity index (χ1n) is 3.95. The lowest BCUT2D eigenvalue weighted by molar-refractivity contribution is -0.117. The Bertz CT molecular complexity index is 328. The zero-order valence-corrected chi connectivity index (χ0v) is 7.05. The molecule has 66 valence electrons. The maximum atomic E-state index is 10.8. The summed E-state index contributed by atoms with van der Waals surface area (Å²) in [6, 6.07) is 9.60. The van der Waals surface area contributed by atoms with Crippen LogP contribution in [0.2, 0.25) is 0 Å². The van der Waals surface area contributed by atoms with E-state index in [-0.39, 0.29) is 6.42 Å². The fourth-order valence-corrected chi connectivity index (χ4v) is 0.996. The number of nitrogens with zero attached hydrogens (tertiary/aromatic N) is 3. The van der Waals surface area contributed by atoms with E-state index in [9.17, 15) is 4.79 Å². The SMILES string of the molecule is [N-]=[N+]=NC(=O)CCc1ccccc1. The molecule has 0 aliphatic carbocycles. The van der Waals surface area contributed by atoms with Gasteiger partial charge in [-0.1, -0.05) is 30.3 Å². The van der Waals surface area contributed by atoms with Crippen LogP contribution in [0, 0.1) is 0 Å². The summed E-state index contributed by atoms with van der Waals surface area (Å²) in [5, 5.41) is 2.98. The molecule has 0 fully saturated rings. The summed E-state index contributed by atoms with van der Waals surface area (Å²) in [5.41, 5.74) is 9.04. The van der Waals surface area contributed by atoms with Crippen LogP contribution < -0.4 is 0 Å². The van der Waals surface area contributed by atoms with Gasteiger partial charge in [-0.05, 0) is 22.6 Å². The van der Waals surface area contributed by atoms with Gasteiger partial charge in [0.25, 0.3) is 0 Å². The van der Waals surface area contributed by atoms with Gasteiger partial charge in [-0.15, -0.1) is 0 Å². The average molecular weight is 175 g/mol. The first-order chi connectivity index (χ1) is 6.33. The van der Waals surface area contributed by atoms with Crippen molar-refractivity contribution in [3.05, 3.63) is 46.3 Å². The number of amides is 1. The van der Waals surface area contributed by atoms with E-state index in [1.807, 2.05) is 30.3 Å². The minimum Gasteiger partial charge on any atom is -0.293 e. The molecular weight excluding hydrogens is 166 g/mol. The van der Waals surface area contributed by atoms with Gasteiger partial charge in [-0.25, -0.2) is 0 Å². The Kier molecular flexibility index (Phi) is 3.54. The highest BCUT2D eigenvalue weighted by atomic mass is 16.1. The highest BCUT2D eigenvalue weighted by Gasteiger charge is 1.98. The largest absolute Gasteiger partial charge is 0.293 e. The quantitative estimate of drug-likeness (QED) is 0.395. The second-order valence-corrected chi connectivity index (χ2v) is 2.57. The van der Waals surface area contributed by atoms with Crippen molar-refractivity contribution in [3.63, 3.8) is 0 Å². The van der Waals surface area contributed by atoms with E-state index in [1.165, 1.54) is 0 Å². The normalized spacial score (nSPS) is 8.92. The van der Waals surface area contributed by atoms with Gasteiger partial charge in [0.05, 0.1) is 0 Å². The van der Waals surface area contributed by atoms with Gasteiger partial charge in [0.1, 0.15) is 0 Å². The maximum absolute atomic E-state index is 10.8. The Morgan fingerprint density at radius 1 is 1.38 bits per heavy atom. The van der Waals surface area contributed by atoms with Crippen LogP contribution in [0.25, 0.3) is 10.4 Å². The number of azide groups is 1. The average Bonchev–Trinajstić information content (AvgIpc) is 2.17. The number of aryl methyl sites for hydroxylation is 1. The van der Waals surface area contributed by atoms with Crippen LogP contribution in [0.5, 0.6) is 0 Å². The van der Waals surface area contributed by atoms with Crippen LogP contribution in [0.4, 0.5) is 0 Å². The molecule has 1 amide bonds. The first kappa shape index (κ1) is 9.29. The van der Waals surface area contributed by atoms with Crippen LogP contribution in [0.15, 0.2) is 35.4 Å². The number of carbonyl (C=O) groups excluding carboxylic acids is 1. The van der Waals surface area contributed by atoms with Crippen molar-refractivity contribution in [2.24, 2.45) is 5.11 Å². The highest BCUT2D eigenvalue weighted by Crippen LogP contribution is 2.02. The Morgan fingerprint density at radius 2 is 2.08 bits per heavy atom. The molecule has 0 bridgehead atoms. The van der Waals surface area contributed by atoms with Gasteiger partial charge in [0.2, 0.25) is 5.91 Å². The Labute approximate surface area is 75.8 Å². The predicted octanol–water partition coefficient (Wildman–Crippen LogP) is 2.46. The molecule has 4 nitrogen and oxygen atoms in total. The van der Waals surface area contributed by atoms with Crippen LogP contribution in [0.3, 0.4) is 0 Å². The number of rotatable bonds is 3. The topological polar surface area (TPSA) is 65.8 Å². The molecule has 0 saturated heterocycles. The van der Waals surface area contributed by atoms with Crippen molar-refractivity contribution in [2.75, 3.05) is 0 Å². The molecule has 13 heavy (non-hydrogen) atoms. The van der Waals surface area contributed by atoms with Crippen molar-refractivity contribution >= 4 is 5.91 Å². The minimum absolute atomic E-state index is 0.272. The van der Waals surface area contributed by atoms with E-state index >= 15 is 0 Å². The summed E-state index contributed by atoms with van der Waals surface area (Å²) in [6.07, 6.45) is 0.896. The van der Waals surface area contributed by atoms with Gasteiger partial charge >= 0.3 is 0 Å². The molecule has 0 aliphatic heterocycles. The predicted molar refractivity (Wildman–Crippen MR) is 48.9 cm³/mol. The van der Waals surface area contributed by atoms with Crippen molar-refractivity contribution in [3.8, 4) is 0 Å². The molecule has 1 aromatic rings.